The topological polar surface area (TPSA) is 41.5 Å². The second-order valence-electron chi connectivity index (χ2n) is 7.75. The van der Waals surface area contributed by atoms with Gasteiger partial charge in [-0.05, 0) is 44.9 Å². The molecule has 2 N–H and O–H groups in total. The number of hydrogen-bond acceptors (Lipinski definition) is 3. The molecule has 0 bridgehead atoms. The normalized spacial score (nSPS) is 28.9. The fraction of sp³-hybridized carbons (Fsp3) is 1.00. The smallest absolute Gasteiger partial charge is 0.0746 e. The van der Waals surface area contributed by atoms with Crippen LogP contribution >= 0.6 is 0 Å². The second kappa shape index (κ2) is 6.76. The summed E-state index contributed by atoms with van der Waals surface area (Å²) in [5.74, 6) is 0.528. The number of nitrogens with one attached hydrogen (secondary N) is 1. The molecule has 2 rings (SSSR count). The molecule has 1 saturated carbocycles. The zero-order chi connectivity index (χ0) is 14.6. The van der Waals surface area contributed by atoms with Crippen LogP contribution in [0.1, 0.15) is 72.1 Å². The average molecular weight is 283 g/mol. The molecular weight excluding hydrogens is 250 g/mol. The van der Waals surface area contributed by atoms with Crippen LogP contribution in [0.4, 0.5) is 0 Å². The van der Waals surface area contributed by atoms with E-state index in [1.54, 1.807) is 0 Å². The van der Waals surface area contributed by atoms with Crippen LogP contribution in [0.15, 0.2) is 0 Å². The van der Waals surface area contributed by atoms with Crippen LogP contribution in [0, 0.1) is 5.92 Å². The fourth-order valence-electron chi connectivity index (χ4n) is 4.06. The summed E-state index contributed by atoms with van der Waals surface area (Å²) < 4.78 is 6.34. The highest BCUT2D eigenvalue weighted by Crippen LogP contribution is 2.41. The lowest BCUT2D eigenvalue weighted by Crippen LogP contribution is -2.42. The maximum absolute atomic E-state index is 10.3. The number of aliphatic hydroxyl groups is 1. The lowest BCUT2D eigenvalue weighted by Gasteiger charge is -2.33. The van der Waals surface area contributed by atoms with Crippen LogP contribution in [0.3, 0.4) is 0 Å². The van der Waals surface area contributed by atoms with Crippen molar-refractivity contribution in [3.63, 3.8) is 0 Å². The molecule has 0 radical (unpaired) electrons. The molecule has 1 saturated heterocycles. The zero-order valence-electron chi connectivity index (χ0n) is 13.6. The van der Waals surface area contributed by atoms with Crippen LogP contribution < -0.4 is 5.32 Å². The molecule has 1 aliphatic heterocycles. The monoisotopic (exact) mass is 283 g/mol. The number of ether oxygens (including phenoxy) is 1. The number of rotatable bonds is 6. The van der Waals surface area contributed by atoms with E-state index in [4.69, 9.17) is 4.74 Å². The van der Waals surface area contributed by atoms with E-state index >= 15 is 0 Å². The van der Waals surface area contributed by atoms with Crippen LogP contribution in [-0.2, 0) is 4.74 Å². The van der Waals surface area contributed by atoms with Gasteiger partial charge in [0.05, 0.1) is 17.3 Å². The SMILES string of the molecule is CC(C)CC(C)(O)CNCC1CCC2(CCCCC2)O1. The van der Waals surface area contributed by atoms with Gasteiger partial charge in [0.2, 0.25) is 0 Å². The van der Waals surface area contributed by atoms with Crippen molar-refractivity contribution in [2.24, 2.45) is 5.92 Å². The maximum Gasteiger partial charge on any atom is 0.0746 e. The van der Waals surface area contributed by atoms with Gasteiger partial charge < -0.3 is 15.2 Å². The van der Waals surface area contributed by atoms with Gasteiger partial charge in [-0.3, -0.25) is 0 Å². The predicted octanol–water partition coefficient (Wildman–Crippen LogP) is 3.26. The predicted molar refractivity (Wildman–Crippen MR) is 82.9 cm³/mol. The Morgan fingerprint density at radius 1 is 1.25 bits per heavy atom. The molecule has 118 valence electrons. The van der Waals surface area contributed by atoms with Crippen LogP contribution in [0.5, 0.6) is 0 Å². The Kier molecular flexibility index (Phi) is 5.49. The van der Waals surface area contributed by atoms with Gasteiger partial charge in [-0.1, -0.05) is 33.1 Å². The summed E-state index contributed by atoms with van der Waals surface area (Å²) >= 11 is 0. The molecule has 0 aromatic carbocycles. The molecule has 3 heteroatoms. The Bertz CT molecular complexity index is 295. The van der Waals surface area contributed by atoms with E-state index in [1.807, 2.05) is 6.92 Å². The van der Waals surface area contributed by atoms with Gasteiger partial charge in [0.1, 0.15) is 0 Å². The molecule has 1 aliphatic carbocycles. The van der Waals surface area contributed by atoms with E-state index in [9.17, 15) is 5.11 Å². The van der Waals surface area contributed by atoms with E-state index in [0.717, 1.165) is 13.0 Å². The minimum absolute atomic E-state index is 0.213. The van der Waals surface area contributed by atoms with E-state index in [0.29, 0.717) is 18.6 Å². The molecule has 20 heavy (non-hydrogen) atoms. The Labute approximate surface area is 124 Å². The standard InChI is InChI=1S/C17H33NO2/c1-14(2)11-16(3,19)13-18-12-15-7-10-17(20-15)8-5-4-6-9-17/h14-15,18-19H,4-13H2,1-3H3. The van der Waals surface area contributed by atoms with Crippen molar-refractivity contribution in [1.82, 2.24) is 5.32 Å². The van der Waals surface area contributed by atoms with Crippen LogP contribution in [0.25, 0.3) is 0 Å². The summed E-state index contributed by atoms with van der Waals surface area (Å²) in [7, 11) is 0. The van der Waals surface area contributed by atoms with E-state index < -0.39 is 5.60 Å². The van der Waals surface area contributed by atoms with Crippen molar-refractivity contribution in [1.29, 1.82) is 0 Å². The molecule has 1 spiro atoms. The third-order valence-corrected chi connectivity index (χ3v) is 4.83. The summed E-state index contributed by atoms with van der Waals surface area (Å²) in [6.45, 7) is 7.79. The Morgan fingerprint density at radius 2 is 1.95 bits per heavy atom. The van der Waals surface area contributed by atoms with Gasteiger partial charge in [0.15, 0.2) is 0 Å². The van der Waals surface area contributed by atoms with Crippen molar-refractivity contribution in [3.8, 4) is 0 Å². The first-order valence-electron chi connectivity index (χ1n) is 8.52. The molecule has 2 aliphatic rings. The van der Waals surface area contributed by atoms with Crippen molar-refractivity contribution >= 4 is 0 Å². The van der Waals surface area contributed by atoms with Gasteiger partial charge >= 0.3 is 0 Å². The second-order valence-corrected chi connectivity index (χ2v) is 7.75. The first-order valence-corrected chi connectivity index (χ1v) is 8.52. The van der Waals surface area contributed by atoms with Gasteiger partial charge in [0.25, 0.3) is 0 Å². The highest BCUT2D eigenvalue weighted by molar-refractivity contribution is 4.92. The molecule has 2 atom stereocenters. The highest BCUT2D eigenvalue weighted by Gasteiger charge is 2.40. The maximum atomic E-state index is 10.3. The third kappa shape index (κ3) is 4.71. The average Bonchev–Trinajstić information content (AvgIpc) is 2.71. The minimum atomic E-state index is -0.602. The van der Waals surface area contributed by atoms with Gasteiger partial charge in [-0.2, -0.15) is 0 Å². The molecule has 1 heterocycles. The molecule has 0 aromatic heterocycles. The molecule has 3 nitrogen and oxygen atoms in total. The largest absolute Gasteiger partial charge is 0.389 e. The highest BCUT2D eigenvalue weighted by atomic mass is 16.5. The summed E-state index contributed by atoms with van der Waals surface area (Å²) in [6, 6.07) is 0. The summed E-state index contributed by atoms with van der Waals surface area (Å²) in [5.41, 5.74) is -0.389. The van der Waals surface area contributed by atoms with Crippen molar-refractivity contribution in [2.75, 3.05) is 13.1 Å². The summed E-state index contributed by atoms with van der Waals surface area (Å²) in [4.78, 5) is 0. The first-order chi connectivity index (χ1) is 9.41. The minimum Gasteiger partial charge on any atom is -0.389 e. The van der Waals surface area contributed by atoms with E-state index in [1.165, 1.54) is 44.9 Å². The lowest BCUT2D eigenvalue weighted by molar-refractivity contribution is -0.0638. The molecule has 0 amide bonds. The van der Waals surface area contributed by atoms with Crippen LogP contribution in [0.2, 0.25) is 0 Å². The Morgan fingerprint density at radius 3 is 2.60 bits per heavy atom. The molecule has 0 aromatic rings. The van der Waals surface area contributed by atoms with E-state index in [-0.39, 0.29) is 5.60 Å². The lowest BCUT2D eigenvalue weighted by atomic mass is 9.83. The summed E-state index contributed by atoms with van der Waals surface area (Å²) in [6.07, 6.45) is 10.2. The van der Waals surface area contributed by atoms with E-state index in [2.05, 4.69) is 19.2 Å². The Balaban J connectivity index is 1.68. The van der Waals surface area contributed by atoms with Crippen molar-refractivity contribution < 1.29 is 9.84 Å². The third-order valence-electron chi connectivity index (χ3n) is 4.83. The molecular formula is C17H33NO2. The van der Waals surface area contributed by atoms with Crippen molar-refractivity contribution in [3.05, 3.63) is 0 Å². The molecule has 2 fully saturated rings. The van der Waals surface area contributed by atoms with Gasteiger partial charge in [0, 0.05) is 13.1 Å². The number of hydrogen-bond donors (Lipinski definition) is 2. The van der Waals surface area contributed by atoms with Crippen molar-refractivity contribution in [2.45, 2.75) is 89.4 Å². The fourth-order valence-corrected chi connectivity index (χ4v) is 4.06. The molecule has 2 unspecified atom stereocenters. The summed E-state index contributed by atoms with van der Waals surface area (Å²) in [5, 5.41) is 13.7. The van der Waals surface area contributed by atoms with Gasteiger partial charge in [-0.15, -0.1) is 0 Å². The first kappa shape index (κ1) is 16.3. The Hall–Kier alpha value is -0.120. The van der Waals surface area contributed by atoms with Gasteiger partial charge in [-0.25, -0.2) is 0 Å². The zero-order valence-corrected chi connectivity index (χ0v) is 13.6. The quantitative estimate of drug-likeness (QED) is 0.786. The van der Waals surface area contributed by atoms with Crippen LogP contribution in [-0.4, -0.2) is 35.5 Å².